The number of amides is 1. The largest absolute Gasteiger partial charge is 0.337 e. The van der Waals surface area contributed by atoms with Gasteiger partial charge in [0.25, 0.3) is 5.91 Å². The zero-order valence-corrected chi connectivity index (χ0v) is 16.4. The lowest BCUT2D eigenvalue weighted by Crippen LogP contribution is -2.40. The van der Waals surface area contributed by atoms with Gasteiger partial charge in [0.05, 0.1) is 23.6 Å². The van der Waals surface area contributed by atoms with Crippen molar-refractivity contribution < 1.29 is 4.79 Å². The lowest BCUT2D eigenvalue weighted by molar-refractivity contribution is 0.0682. The smallest absolute Gasteiger partial charge is 0.274 e. The second kappa shape index (κ2) is 7.56. The van der Waals surface area contributed by atoms with Crippen molar-refractivity contribution in [1.29, 1.82) is 0 Å². The molecule has 1 amide bonds. The van der Waals surface area contributed by atoms with Crippen molar-refractivity contribution in [2.24, 2.45) is 0 Å². The lowest BCUT2D eigenvalue weighted by atomic mass is 10.0. The van der Waals surface area contributed by atoms with Crippen LogP contribution in [0.25, 0.3) is 0 Å². The predicted octanol–water partition coefficient (Wildman–Crippen LogP) is 3.71. The summed E-state index contributed by atoms with van der Waals surface area (Å²) in [7, 11) is 0. The highest BCUT2D eigenvalue weighted by molar-refractivity contribution is 5.92. The van der Waals surface area contributed by atoms with E-state index in [1.54, 1.807) is 12.4 Å². The monoisotopic (exact) mass is 355 g/mol. The second-order valence-electron chi connectivity index (χ2n) is 7.81. The van der Waals surface area contributed by atoms with Crippen molar-refractivity contribution >= 4 is 5.91 Å². The summed E-state index contributed by atoms with van der Waals surface area (Å²) in [5.41, 5.74) is 3.70. The molecule has 6 nitrogen and oxygen atoms in total. The molecular weight excluding hydrogens is 326 g/mol. The predicted molar refractivity (Wildman–Crippen MR) is 101 cm³/mol. The minimum absolute atomic E-state index is 0.0247. The molecule has 1 aliphatic heterocycles. The van der Waals surface area contributed by atoms with Gasteiger partial charge in [-0.3, -0.25) is 14.5 Å². The summed E-state index contributed by atoms with van der Waals surface area (Å²) in [4.78, 5) is 22.9. The topological polar surface area (TPSA) is 63.9 Å². The number of carbonyl (C=O) groups is 1. The highest BCUT2D eigenvalue weighted by Crippen LogP contribution is 2.29. The third-order valence-corrected chi connectivity index (χ3v) is 5.06. The summed E-state index contributed by atoms with van der Waals surface area (Å²) in [6.07, 6.45) is 5.06. The van der Waals surface area contributed by atoms with Crippen LogP contribution in [0.4, 0.5) is 0 Å². The molecule has 0 saturated carbocycles. The van der Waals surface area contributed by atoms with Crippen LogP contribution in [0.15, 0.2) is 18.5 Å². The number of nitrogens with zero attached hydrogens (tertiary/aromatic N) is 5. The molecule has 3 heterocycles. The van der Waals surface area contributed by atoms with E-state index in [0.29, 0.717) is 23.6 Å². The summed E-state index contributed by atoms with van der Waals surface area (Å²) in [5, 5.41) is 4.88. The van der Waals surface area contributed by atoms with Crippen molar-refractivity contribution in [2.75, 3.05) is 13.1 Å². The van der Waals surface area contributed by atoms with E-state index in [9.17, 15) is 4.79 Å². The normalized spacial score (nSPS) is 15.9. The van der Waals surface area contributed by atoms with Gasteiger partial charge in [0.2, 0.25) is 0 Å². The van der Waals surface area contributed by atoms with Gasteiger partial charge in [-0.15, -0.1) is 0 Å². The Bertz CT molecular complexity index is 755. The zero-order chi connectivity index (χ0) is 18.8. The Morgan fingerprint density at radius 2 is 1.77 bits per heavy atom. The Morgan fingerprint density at radius 1 is 1.08 bits per heavy atom. The van der Waals surface area contributed by atoms with Crippen LogP contribution < -0.4 is 0 Å². The summed E-state index contributed by atoms with van der Waals surface area (Å²) in [6.45, 7) is 12.1. The first-order valence-corrected chi connectivity index (χ1v) is 9.54. The molecule has 1 aliphatic rings. The van der Waals surface area contributed by atoms with E-state index >= 15 is 0 Å². The van der Waals surface area contributed by atoms with Crippen LogP contribution in [0.1, 0.15) is 86.0 Å². The van der Waals surface area contributed by atoms with Crippen molar-refractivity contribution in [3.8, 4) is 0 Å². The number of likely N-dealkylation sites (tertiary alicyclic amines) is 1. The van der Waals surface area contributed by atoms with Gasteiger partial charge < -0.3 is 4.90 Å². The van der Waals surface area contributed by atoms with Crippen molar-refractivity contribution in [1.82, 2.24) is 24.6 Å². The summed E-state index contributed by atoms with van der Waals surface area (Å²) < 4.78 is 2.22. The van der Waals surface area contributed by atoms with Gasteiger partial charge in [-0.05, 0) is 37.7 Å². The van der Waals surface area contributed by atoms with Gasteiger partial charge in [0.1, 0.15) is 5.69 Å². The third-order valence-electron chi connectivity index (χ3n) is 5.06. The van der Waals surface area contributed by atoms with E-state index in [4.69, 9.17) is 5.10 Å². The van der Waals surface area contributed by atoms with E-state index in [0.717, 1.165) is 37.3 Å². The van der Waals surface area contributed by atoms with Crippen molar-refractivity contribution in [3.63, 3.8) is 0 Å². The van der Waals surface area contributed by atoms with Crippen LogP contribution in [0.5, 0.6) is 0 Å². The number of carbonyl (C=O) groups excluding carboxylic acids is 1. The van der Waals surface area contributed by atoms with Crippen molar-refractivity contribution in [2.45, 2.75) is 65.3 Å². The summed E-state index contributed by atoms with van der Waals surface area (Å²) in [6, 6.07) is 2.60. The number of hydrogen-bond acceptors (Lipinski definition) is 4. The maximum absolute atomic E-state index is 12.6. The van der Waals surface area contributed by atoms with Gasteiger partial charge in [-0.25, -0.2) is 4.98 Å². The Balaban J connectivity index is 1.70. The minimum atomic E-state index is -0.0247. The first kappa shape index (κ1) is 18.5. The molecule has 0 aliphatic carbocycles. The third kappa shape index (κ3) is 3.79. The molecular formula is C20H29N5O. The molecule has 0 aromatic carbocycles. The van der Waals surface area contributed by atoms with Gasteiger partial charge in [-0.2, -0.15) is 5.10 Å². The molecule has 1 fully saturated rings. The fourth-order valence-electron chi connectivity index (χ4n) is 3.41. The van der Waals surface area contributed by atoms with E-state index in [2.05, 4.69) is 48.4 Å². The van der Waals surface area contributed by atoms with Gasteiger partial charge in [-0.1, -0.05) is 27.7 Å². The molecule has 140 valence electrons. The number of aromatic nitrogens is 4. The van der Waals surface area contributed by atoms with Gasteiger partial charge in [0.15, 0.2) is 0 Å². The highest BCUT2D eigenvalue weighted by Gasteiger charge is 2.28. The summed E-state index contributed by atoms with van der Waals surface area (Å²) >= 11 is 0. The average molecular weight is 355 g/mol. The maximum Gasteiger partial charge on any atom is 0.274 e. The van der Waals surface area contributed by atoms with Crippen LogP contribution in [-0.2, 0) is 0 Å². The molecule has 6 heteroatoms. The fourth-order valence-corrected chi connectivity index (χ4v) is 3.41. The molecule has 1 saturated heterocycles. The SMILES string of the molecule is Cc1cnc(C(=O)N2CCC(n3nc(C(C)C)cc3C(C)C)CC2)cn1. The number of aryl methyl sites for hydroxylation is 1. The quantitative estimate of drug-likeness (QED) is 0.839. The van der Waals surface area contributed by atoms with Crippen LogP contribution >= 0.6 is 0 Å². The van der Waals surface area contributed by atoms with Crippen LogP contribution in [0.2, 0.25) is 0 Å². The lowest BCUT2D eigenvalue weighted by Gasteiger charge is -2.33. The van der Waals surface area contributed by atoms with Crippen LogP contribution in [0, 0.1) is 6.92 Å². The highest BCUT2D eigenvalue weighted by atomic mass is 16.2. The molecule has 0 bridgehead atoms. The molecule has 2 aromatic rings. The van der Waals surface area contributed by atoms with E-state index in [1.165, 1.54) is 5.69 Å². The summed E-state index contributed by atoms with van der Waals surface area (Å²) in [5.74, 6) is 0.844. The molecule has 0 spiro atoms. The molecule has 0 radical (unpaired) electrons. The maximum atomic E-state index is 12.6. The van der Waals surface area contributed by atoms with E-state index in [-0.39, 0.29) is 5.91 Å². The first-order valence-electron chi connectivity index (χ1n) is 9.54. The molecule has 2 aromatic heterocycles. The molecule has 3 rings (SSSR count). The Kier molecular flexibility index (Phi) is 5.39. The minimum Gasteiger partial charge on any atom is -0.337 e. The van der Waals surface area contributed by atoms with E-state index in [1.807, 2.05) is 11.8 Å². The van der Waals surface area contributed by atoms with Gasteiger partial charge in [0, 0.05) is 25.0 Å². The molecule has 0 atom stereocenters. The van der Waals surface area contributed by atoms with Gasteiger partial charge >= 0.3 is 0 Å². The standard InChI is InChI=1S/C20H29N5O/c1-13(2)17-10-19(14(3)4)25(23-17)16-6-8-24(9-7-16)20(26)18-12-21-15(5)11-22-18/h10-14,16H,6-9H2,1-5H3. The Hall–Kier alpha value is -2.24. The molecule has 0 N–H and O–H groups in total. The Labute approximate surface area is 155 Å². The Morgan fingerprint density at radius 3 is 2.31 bits per heavy atom. The van der Waals surface area contributed by atoms with E-state index < -0.39 is 0 Å². The van der Waals surface area contributed by atoms with Crippen molar-refractivity contribution in [3.05, 3.63) is 41.2 Å². The molecule has 26 heavy (non-hydrogen) atoms. The number of piperidine rings is 1. The first-order chi connectivity index (χ1) is 12.4. The average Bonchev–Trinajstić information content (AvgIpc) is 3.08. The van der Waals surface area contributed by atoms with Crippen LogP contribution in [-0.4, -0.2) is 43.6 Å². The van der Waals surface area contributed by atoms with Crippen LogP contribution in [0.3, 0.4) is 0 Å². The number of rotatable bonds is 4. The molecule has 0 unspecified atom stereocenters. The second-order valence-corrected chi connectivity index (χ2v) is 7.81. The fraction of sp³-hybridized carbons (Fsp3) is 0.600. The number of hydrogen-bond donors (Lipinski definition) is 0. The zero-order valence-electron chi connectivity index (χ0n) is 16.4.